The Kier molecular flexibility index (Phi) is 6.79. The molecule has 0 bridgehead atoms. The lowest BCUT2D eigenvalue weighted by Gasteiger charge is -2.13. The second-order valence-corrected chi connectivity index (χ2v) is 4.43. The van der Waals surface area contributed by atoms with Gasteiger partial charge in [-0.15, -0.1) is 12.4 Å². The number of rotatable bonds is 4. The van der Waals surface area contributed by atoms with Crippen molar-refractivity contribution in [1.29, 1.82) is 5.26 Å². The summed E-state index contributed by atoms with van der Waals surface area (Å²) in [7, 11) is 0. The fourth-order valence-corrected chi connectivity index (χ4v) is 1.54. The van der Waals surface area contributed by atoms with E-state index in [9.17, 15) is 4.39 Å². The molecule has 0 heterocycles. The van der Waals surface area contributed by atoms with Crippen molar-refractivity contribution < 1.29 is 4.39 Å². The van der Waals surface area contributed by atoms with E-state index in [1.807, 2.05) is 6.07 Å². The third-order valence-electron chi connectivity index (χ3n) is 2.59. The summed E-state index contributed by atoms with van der Waals surface area (Å²) in [4.78, 5) is 0. The molecule has 1 aromatic carbocycles. The highest BCUT2D eigenvalue weighted by Gasteiger charge is 2.10. The van der Waals surface area contributed by atoms with Crippen molar-refractivity contribution in [3.63, 3.8) is 0 Å². The zero-order valence-electron chi connectivity index (χ0n) is 10.1. The molecule has 1 rings (SSSR count). The molecule has 0 unspecified atom stereocenters. The first kappa shape index (κ1) is 15.9. The van der Waals surface area contributed by atoms with Gasteiger partial charge in [0.15, 0.2) is 0 Å². The Bertz CT molecular complexity index is 399. The summed E-state index contributed by atoms with van der Waals surface area (Å²) >= 11 is 0. The van der Waals surface area contributed by atoms with Gasteiger partial charge in [0, 0.05) is 6.04 Å². The normalized spacial score (nSPS) is 11.8. The van der Waals surface area contributed by atoms with Gasteiger partial charge in [-0.3, -0.25) is 0 Å². The molecular formula is C13H18ClFN2. The monoisotopic (exact) mass is 256 g/mol. The number of nitriles is 1. The van der Waals surface area contributed by atoms with E-state index >= 15 is 0 Å². The zero-order chi connectivity index (χ0) is 12.1. The Morgan fingerprint density at radius 3 is 2.53 bits per heavy atom. The van der Waals surface area contributed by atoms with E-state index in [2.05, 4.69) is 13.8 Å². The van der Waals surface area contributed by atoms with Gasteiger partial charge in [0.25, 0.3) is 0 Å². The van der Waals surface area contributed by atoms with Crippen molar-refractivity contribution in [2.24, 2.45) is 11.7 Å². The molecular weight excluding hydrogens is 239 g/mol. The third kappa shape index (κ3) is 4.72. The standard InChI is InChI=1S/C13H17FN2.ClH/c1-9(2)3-6-13(16)10-4-5-12(14)11(7-10)8-15;/h4-5,7,9,13H,3,6,16H2,1-2H3;1H/t13-;/m0./s1. The second kappa shape index (κ2) is 7.26. The van der Waals surface area contributed by atoms with Gasteiger partial charge >= 0.3 is 0 Å². The van der Waals surface area contributed by atoms with Crippen molar-refractivity contribution in [3.8, 4) is 6.07 Å². The van der Waals surface area contributed by atoms with Crippen molar-refractivity contribution in [3.05, 3.63) is 35.1 Å². The predicted octanol–water partition coefficient (Wildman–Crippen LogP) is 3.56. The average Bonchev–Trinajstić information content (AvgIpc) is 2.26. The van der Waals surface area contributed by atoms with Crippen LogP contribution in [0.3, 0.4) is 0 Å². The Morgan fingerprint density at radius 2 is 2.00 bits per heavy atom. The Balaban J connectivity index is 0.00000256. The average molecular weight is 257 g/mol. The van der Waals surface area contributed by atoms with Crippen molar-refractivity contribution in [2.75, 3.05) is 0 Å². The number of halogens is 2. The lowest BCUT2D eigenvalue weighted by Crippen LogP contribution is -2.11. The van der Waals surface area contributed by atoms with Gasteiger partial charge < -0.3 is 5.73 Å². The molecule has 2 nitrogen and oxygen atoms in total. The van der Waals surface area contributed by atoms with Gasteiger partial charge in [-0.1, -0.05) is 19.9 Å². The van der Waals surface area contributed by atoms with Crippen LogP contribution in [-0.4, -0.2) is 0 Å². The maximum absolute atomic E-state index is 13.1. The van der Waals surface area contributed by atoms with Crippen molar-refractivity contribution in [1.82, 2.24) is 0 Å². The second-order valence-electron chi connectivity index (χ2n) is 4.43. The summed E-state index contributed by atoms with van der Waals surface area (Å²) in [6.07, 6.45) is 1.88. The van der Waals surface area contributed by atoms with E-state index in [4.69, 9.17) is 11.0 Å². The number of nitrogens with zero attached hydrogens (tertiary/aromatic N) is 1. The first-order chi connectivity index (χ1) is 7.54. The fraction of sp³-hybridized carbons (Fsp3) is 0.462. The van der Waals surface area contributed by atoms with Crippen LogP contribution in [0.2, 0.25) is 0 Å². The lowest BCUT2D eigenvalue weighted by molar-refractivity contribution is 0.506. The van der Waals surface area contributed by atoms with Crippen LogP contribution in [-0.2, 0) is 0 Å². The topological polar surface area (TPSA) is 49.8 Å². The summed E-state index contributed by atoms with van der Waals surface area (Å²) in [5.41, 5.74) is 6.88. The number of benzene rings is 1. The molecule has 0 spiro atoms. The Labute approximate surface area is 108 Å². The molecule has 1 aromatic rings. The first-order valence-electron chi connectivity index (χ1n) is 5.49. The van der Waals surface area contributed by atoms with Gasteiger partial charge in [0.05, 0.1) is 5.56 Å². The fourth-order valence-electron chi connectivity index (χ4n) is 1.54. The summed E-state index contributed by atoms with van der Waals surface area (Å²) in [5, 5.41) is 8.71. The van der Waals surface area contributed by atoms with Gasteiger partial charge in [-0.2, -0.15) is 5.26 Å². The highest BCUT2D eigenvalue weighted by molar-refractivity contribution is 5.85. The van der Waals surface area contributed by atoms with E-state index in [1.54, 1.807) is 12.1 Å². The number of hydrogen-bond acceptors (Lipinski definition) is 2. The van der Waals surface area contributed by atoms with Crippen LogP contribution in [0.25, 0.3) is 0 Å². The minimum atomic E-state index is -0.484. The quantitative estimate of drug-likeness (QED) is 0.896. The molecule has 2 N–H and O–H groups in total. The Hall–Kier alpha value is -1.11. The maximum atomic E-state index is 13.1. The summed E-state index contributed by atoms with van der Waals surface area (Å²) in [5.74, 6) is 0.115. The molecule has 0 aliphatic heterocycles. The molecule has 4 heteroatoms. The van der Waals surface area contributed by atoms with Crippen LogP contribution in [0, 0.1) is 23.1 Å². The highest BCUT2D eigenvalue weighted by Crippen LogP contribution is 2.20. The van der Waals surface area contributed by atoms with Crippen LogP contribution in [0.1, 0.15) is 43.9 Å². The molecule has 17 heavy (non-hydrogen) atoms. The van der Waals surface area contributed by atoms with E-state index in [1.165, 1.54) is 6.07 Å². The van der Waals surface area contributed by atoms with Crippen LogP contribution in [0.15, 0.2) is 18.2 Å². The smallest absolute Gasteiger partial charge is 0.140 e. The van der Waals surface area contributed by atoms with Gasteiger partial charge in [0.2, 0.25) is 0 Å². The lowest BCUT2D eigenvalue weighted by atomic mass is 9.97. The SMILES string of the molecule is CC(C)CC[C@H](N)c1ccc(F)c(C#N)c1.Cl. The highest BCUT2D eigenvalue weighted by atomic mass is 35.5. The van der Waals surface area contributed by atoms with Crippen molar-refractivity contribution in [2.45, 2.75) is 32.7 Å². The van der Waals surface area contributed by atoms with Crippen LogP contribution >= 0.6 is 12.4 Å². The zero-order valence-corrected chi connectivity index (χ0v) is 10.9. The first-order valence-corrected chi connectivity index (χ1v) is 5.49. The number of hydrogen-bond donors (Lipinski definition) is 1. The van der Waals surface area contributed by atoms with E-state index in [-0.39, 0.29) is 24.0 Å². The van der Waals surface area contributed by atoms with Crippen LogP contribution in [0.4, 0.5) is 4.39 Å². The molecule has 0 saturated heterocycles. The predicted molar refractivity (Wildman–Crippen MR) is 69.4 cm³/mol. The molecule has 0 aliphatic rings. The van der Waals surface area contributed by atoms with Gasteiger partial charge in [0.1, 0.15) is 11.9 Å². The largest absolute Gasteiger partial charge is 0.324 e. The van der Waals surface area contributed by atoms with Gasteiger partial charge in [-0.05, 0) is 36.5 Å². The molecule has 0 saturated carbocycles. The molecule has 94 valence electrons. The van der Waals surface area contributed by atoms with E-state index in [0.29, 0.717) is 5.92 Å². The molecule has 0 aliphatic carbocycles. The number of nitrogens with two attached hydrogens (primary N) is 1. The van der Waals surface area contributed by atoms with E-state index in [0.717, 1.165) is 18.4 Å². The summed E-state index contributed by atoms with van der Waals surface area (Å²) in [6.45, 7) is 4.27. The third-order valence-corrected chi connectivity index (χ3v) is 2.59. The summed E-state index contributed by atoms with van der Waals surface area (Å²) in [6, 6.07) is 6.21. The van der Waals surface area contributed by atoms with Crippen LogP contribution < -0.4 is 5.73 Å². The molecule has 0 aromatic heterocycles. The summed E-state index contributed by atoms with van der Waals surface area (Å²) < 4.78 is 13.1. The molecule has 0 fully saturated rings. The molecule has 0 radical (unpaired) electrons. The van der Waals surface area contributed by atoms with Crippen LogP contribution in [0.5, 0.6) is 0 Å². The van der Waals surface area contributed by atoms with Gasteiger partial charge in [-0.25, -0.2) is 4.39 Å². The molecule has 0 amide bonds. The minimum absolute atomic E-state index is 0. The van der Waals surface area contributed by atoms with E-state index < -0.39 is 5.82 Å². The Morgan fingerprint density at radius 1 is 1.35 bits per heavy atom. The minimum Gasteiger partial charge on any atom is -0.324 e. The van der Waals surface area contributed by atoms with Crippen molar-refractivity contribution >= 4 is 12.4 Å². The molecule has 1 atom stereocenters. The maximum Gasteiger partial charge on any atom is 0.140 e.